The lowest BCUT2D eigenvalue weighted by molar-refractivity contribution is -0.142. The first-order valence-corrected chi connectivity index (χ1v) is 9.74. The number of anilines is 2. The van der Waals surface area contributed by atoms with Gasteiger partial charge in [0.15, 0.2) is 11.3 Å². The van der Waals surface area contributed by atoms with E-state index in [4.69, 9.17) is 0 Å². The minimum atomic E-state index is -4.63. The van der Waals surface area contributed by atoms with Crippen molar-refractivity contribution in [2.45, 2.75) is 26.9 Å². The molecular formula is C19H19BrF3N5O. The largest absolute Gasteiger partial charge is 0.433 e. The molecule has 0 spiro atoms. The number of rotatable bonds is 5. The third-order valence-corrected chi connectivity index (χ3v) is 5.15. The predicted molar refractivity (Wildman–Crippen MR) is 108 cm³/mol. The quantitative estimate of drug-likeness (QED) is 0.576. The second-order valence-electron chi connectivity index (χ2n) is 6.35. The molecule has 2 heterocycles. The molecule has 0 saturated carbocycles. The zero-order chi connectivity index (χ0) is 21.3. The Morgan fingerprint density at radius 3 is 2.38 bits per heavy atom. The number of carbonyl (C=O) groups excluding carboxylic acids is 1. The molecule has 0 radical (unpaired) electrons. The lowest BCUT2D eigenvalue weighted by atomic mass is 10.2. The van der Waals surface area contributed by atoms with Crippen LogP contribution in [0.4, 0.5) is 24.5 Å². The molecule has 2 aromatic heterocycles. The molecule has 6 nitrogen and oxygen atoms in total. The van der Waals surface area contributed by atoms with E-state index in [1.807, 2.05) is 26.0 Å². The molecule has 0 aliphatic rings. The first-order chi connectivity index (χ1) is 13.7. The summed E-state index contributed by atoms with van der Waals surface area (Å²) in [5.74, 6) is -0.635. The zero-order valence-corrected chi connectivity index (χ0v) is 17.6. The summed E-state index contributed by atoms with van der Waals surface area (Å²) >= 11 is 3.17. The highest BCUT2D eigenvalue weighted by Gasteiger charge is 2.36. The highest BCUT2D eigenvalue weighted by atomic mass is 79.9. The fraction of sp³-hybridized carbons (Fsp3) is 0.316. The molecule has 1 aromatic carbocycles. The molecule has 3 aromatic rings. The highest BCUT2D eigenvalue weighted by Crippen LogP contribution is 2.32. The second kappa shape index (κ2) is 8.02. The van der Waals surface area contributed by atoms with Crippen LogP contribution in [-0.4, -0.2) is 33.6 Å². The van der Waals surface area contributed by atoms with Crippen molar-refractivity contribution in [1.82, 2.24) is 14.6 Å². The van der Waals surface area contributed by atoms with Gasteiger partial charge in [0.25, 0.3) is 5.91 Å². The van der Waals surface area contributed by atoms with E-state index in [0.717, 1.165) is 24.8 Å². The summed E-state index contributed by atoms with van der Waals surface area (Å²) in [7, 11) is 0. The average Bonchev–Trinajstić information content (AvgIpc) is 2.99. The summed E-state index contributed by atoms with van der Waals surface area (Å²) in [6.45, 7) is 7.25. The maximum atomic E-state index is 13.3. The Hall–Kier alpha value is -2.62. The van der Waals surface area contributed by atoms with Crippen molar-refractivity contribution in [3.63, 3.8) is 0 Å². The predicted octanol–water partition coefficient (Wildman–Crippen LogP) is 4.92. The van der Waals surface area contributed by atoms with E-state index in [1.165, 1.54) is 6.92 Å². The number of aryl methyl sites for hydroxylation is 1. The van der Waals surface area contributed by atoms with Gasteiger partial charge in [0, 0.05) is 30.2 Å². The third-order valence-electron chi connectivity index (χ3n) is 4.42. The van der Waals surface area contributed by atoms with Gasteiger partial charge in [-0.05, 0) is 67.0 Å². The van der Waals surface area contributed by atoms with Gasteiger partial charge in [0.05, 0.1) is 4.47 Å². The first-order valence-electron chi connectivity index (χ1n) is 8.95. The Morgan fingerprint density at radius 1 is 1.21 bits per heavy atom. The number of fused-ring (bicyclic) bond motifs is 1. The molecule has 3 rings (SSSR count). The van der Waals surface area contributed by atoms with Crippen LogP contribution < -0.4 is 10.2 Å². The standard InChI is InChI=1S/C19H19BrF3N5O/c1-4-27(5-2)13-8-6-12(7-9-13)25-18(29)16-15(20)17-24-11(3)10-14(19(21,22)23)28(17)26-16/h6-10H,4-5H2,1-3H3,(H,25,29). The van der Waals surface area contributed by atoms with Crippen molar-refractivity contribution >= 4 is 38.9 Å². The number of nitrogens with one attached hydrogen (secondary N) is 1. The van der Waals surface area contributed by atoms with Gasteiger partial charge in [-0.15, -0.1) is 0 Å². The molecule has 0 fully saturated rings. The van der Waals surface area contributed by atoms with Crippen molar-refractivity contribution in [1.29, 1.82) is 0 Å². The highest BCUT2D eigenvalue weighted by molar-refractivity contribution is 9.10. The molecule has 0 aliphatic carbocycles. The Morgan fingerprint density at radius 2 is 1.83 bits per heavy atom. The van der Waals surface area contributed by atoms with Crippen molar-refractivity contribution in [3.8, 4) is 0 Å². The zero-order valence-electron chi connectivity index (χ0n) is 16.0. The van der Waals surface area contributed by atoms with Crippen LogP contribution in [0.1, 0.15) is 35.7 Å². The second-order valence-corrected chi connectivity index (χ2v) is 7.14. The Bertz CT molecular complexity index is 1040. The van der Waals surface area contributed by atoms with Gasteiger partial charge in [-0.2, -0.15) is 18.3 Å². The van der Waals surface area contributed by atoms with Gasteiger partial charge in [0.1, 0.15) is 5.69 Å². The van der Waals surface area contributed by atoms with Gasteiger partial charge in [-0.25, -0.2) is 9.50 Å². The summed E-state index contributed by atoms with van der Waals surface area (Å²) in [5, 5.41) is 6.52. The average molecular weight is 470 g/mol. The number of carbonyl (C=O) groups is 1. The maximum absolute atomic E-state index is 13.3. The van der Waals surface area contributed by atoms with Gasteiger partial charge >= 0.3 is 6.18 Å². The molecule has 0 saturated heterocycles. The van der Waals surface area contributed by atoms with Crippen molar-refractivity contribution in [2.24, 2.45) is 0 Å². The van der Waals surface area contributed by atoms with Crippen LogP contribution in [-0.2, 0) is 6.18 Å². The van der Waals surface area contributed by atoms with E-state index in [-0.39, 0.29) is 21.5 Å². The minimum absolute atomic E-state index is 0.0700. The van der Waals surface area contributed by atoms with Crippen LogP contribution in [0.25, 0.3) is 5.65 Å². The molecule has 0 atom stereocenters. The van der Waals surface area contributed by atoms with Crippen LogP contribution in [0.3, 0.4) is 0 Å². The maximum Gasteiger partial charge on any atom is 0.433 e. The number of hydrogen-bond donors (Lipinski definition) is 1. The van der Waals surface area contributed by atoms with Crippen LogP contribution in [0, 0.1) is 6.92 Å². The van der Waals surface area contributed by atoms with E-state index >= 15 is 0 Å². The molecule has 0 aliphatic heterocycles. The van der Waals surface area contributed by atoms with E-state index in [2.05, 4.69) is 36.2 Å². The van der Waals surface area contributed by atoms with Gasteiger partial charge in [-0.1, -0.05) is 0 Å². The molecular weight excluding hydrogens is 451 g/mol. The summed E-state index contributed by atoms with van der Waals surface area (Å²) in [6.07, 6.45) is -4.63. The fourth-order valence-electron chi connectivity index (χ4n) is 2.99. The molecule has 10 heteroatoms. The van der Waals surface area contributed by atoms with Crippen LogP contribution >= 0.6 is 15.9 Å². The van der Waals surface area contributed by atoms with Gasteiger partial charge in [-0.3, -0.25) is 4.79 Å². The van der Waals surface area contributed by atoms with Gasteiger partial charge in [0.2, 0.25) is 0 Å². The number of alkyl halides is 3. The van der Waals surface area contributed by atoms with Crippen molar-refractivity contribution < 1.29 is 18.0 Å². The Labute approximate surface area is 173 Å². The lowest BCUT2D eigenvalue weighted by Gasteiger charge is -2.21. The number of amides is 1. The molecule has 154 valence electrons. The summed E-state index contributed by atoms with van der Waals surface area (Å²) < 4.78 is 40.8. The van der Waals surface area contributed by atoms with E-state index in [0.29, 0.717) is 10.2 Å². The summed E-state index contributed by atoms with van der Waals surface area (Å²) in [6, 6.07) is 8.10. The lowest BCUT2D eigenvalue weighted by Crippen LogP contribution is -2.21. The number of benzene rings is 1. The first kappa shape index (κ1) is 21.1. The molecule has 0 bridgehead atoms. The smallest absolute Gasteiger partial charge is 0.372 e. The van der Waals surface area contributed by atoms with Crippen LogP contribution in [0.5, 0.6) is 0 Å². The fourth-order valence-corrected chi connectivity index (χ4v) is 3.51. The number of aromatic nitrogens is 3. The van der Waals surface area contributed by atoms with Crippen LogP contribution in [0.15, 0.2) is 34.8 Å². The van der Waals surface area contributed by atoms with Crippen molar-refractivity contribution in [3.05, 3.63) is 51.9 Å². The summed E-state index contributed by atoms with van der Waals surface area (Å²) in [4.78, 5) is 18.9. The van der Waals surface area contributed by atoms with Gasteiger partial charge < -0.3 is 10.2 Å². The number of halogens is 4. The Kier molecular flexibility index (Phi) is 5.83. The normalized spacial score (nSPS) is 11.7. The number of nitrogens with zero attached hydrogens (tertiary/aromatic N) is 4. The monoisotopic (exact) mass is 469 g/mol. The molecule has 1 N–H and O–H groups in total. The van der Waals surface area contributed by atoms with E-state index in [9.17, 15) is 18.0 Å². The minimum Gasteiger partial charge on any atom is -0.372 e. The summed E-state index contributed by atoms with van der Waals surface area (Å²) in [5.41, 5.74) is 0.444. The van der Waals surface area contributed by atoms with E-state index < -0.39 is 17.8 Å². The molecule has 1 amide bonds. The molecule has 0 unspecified atom stereocenters. The van der Waals surface area contributed by atoms with Crippen LogP contribution in [0.2, 0.25) is 0 Å². The topological polar surface area (TPSA) is 62.5 Å². The van der Waals surface area contributed by atoms with E-state index in [1.54, 1.807) is 12.1 Å². The third kappa shape index (κ3) is 4.21. The number of hydrogen-bond acceptors (Lipinski definition) is 4. The Balaban J connectivity index is 1.93. The van der Waals surface area contributed by atoms with Crippen molar-refractivity contribution in [2.75, 3.05) is 23.3 Å². The molecule has 29 heavy (non-hydrogen) atoms. The SMILES string of the molecule is CCN(CC)c1ccc(NC(=O)c2nn3c(C(F)(F)F)cc(C)nc3c2Br)cc1.